The fraction of sp³-hybridized carbons (Fsp3) is 0.214. The number of halogens is 5. The Bertz CT molecular complexity index is 912. The average Bonchev–Trinajstić information content (AvgIpc) is 3.02. The highest BCUT2D eigenvalue weighted by molar-refractivity contribution is 7.98. The van der Waals surface area contributed by atoms with Gasteiger partial charge in [0.05, 0.1) is 17.3 Å². The number of hydrogen-bond acceptors (Lipinski definition) is 5. The SMILES string of the molecule is CSc1nnc(-c2ccc(C(F)(F)F)cc2OC(F)F)c2cncn12. The van der Waals surface area contributed by atoms with Crippen LogP contribution < -0.4 is 4.74 Å². The van der Waals surface area contributed by atoms with E-state index in [1.54, 1.807) is 10.7 Å². The van der Waals surface area contributed by atoms with Gasteiger partial charge in [0.25, 0.3) is 0 Å². The van der Waals surface area contributed by atoms with Gasteiger partial charge < -0.3 is 4.74 Å². The number of alkyl halides is 5. The highest BCUT2D eigenvalue weighted by atomic mass is 32.2. The van der Waals surface area contributed by atoms with Gasteiger partial charge in [-0.1, -0.05) is 11.8 Å². The van der Waals surface area contributed by atoms with E-state index in [9.17, 15) is 22.0 Å². The van der Waals surface area contributed by atoms with Crippen LogP contribution in [0, 0.1) is 0 Å². The van der Waals surface area contributed by atoms with Gasteiger partial charge in [0.1, 0.15) is 17.8 Å². The Morgan fingerprint density at radius 1 is 1.20 bits per heavy atom. The van der Waals surface area contributed by atoms with Crippen LogP contribution in [0.1, 0.15) is 5.56 Å². The second-order valence-corrected chi connectivity index (χ2v) is 5.54. The molecule has 0 amide bonds. The Balaban J connectivity index is 2.21. The minimum atomic E-state index is -4.70. The van der Waals surface area contributed by atoms with Gasteiger partial charge in [0, 0.05) is 5.56 Å². The van der Waals surface area contributed by atoms with E-state index in [1.165, 1.54) is 24.3 Å². The molecule has 132 valence electrons. The molecule has 0 saturated carbocycles. The standard InChI is InChI=1S/C14H9F5N4OS/c1-25-13-22-21-11(9-5-20-6-23(9)13)8-3-2-7(14(17,18)19)4-10(8)24-12(15)16/h2-6,12H,1H3. The zero-order chi connectivity index (χ0) is 18.2. The van der Waals surface area contributed by atoms with Crippen LogP contribution in [0.2, 0.25) is 0 Å². The third-order valence-electron chi connectivity index (χ3n) is 3.29. The van der Waals surface area contributed by atoms with Crippen LogP contribution in [-0.4, -0.2) is 32.4 Å². The molecule has 3 rings (SSSR count). The smallest absolute Gasteiger partial charge is 0.416 e. The molecule has 2 aromatic heterocycles. The number of thioether (sulfide) groups is 1. The minimum Gasteiger partial charge on any atom is -0.434 e. The Labute approximate surface area is 141 Å². The topological polar surface area (TPSA) is 52.3 Å². The van der Waals surface area contributed by atoms with Crippen LogP contribution in [0.5, 0.6) is 5.75 Å². The predicted molar refractivity (Wildman–Crippen MR) is 79.6 cm³/mol. The molecule has 5 nitrogen and oxygen atoms in total. The summed E-state index contributed by atoms with van der Waals surface area (Å²) in [6.45, 7) is -3.29. The van der Waals surface area contributed by atoms with Crippen molar-refractivity contribution in [3.05, 3.63) is 36.3 Å². The summed E-state index contributed by atoms with van der Waals surface area (Å²) in [4.78, 5) is 3.94. The number of ether oxygens (including phenoxy) is 1. The molecule has 0 N–H and O–H groups in total. The molecule has 0 aliphatic carbocycles. The highest BCUT2D eigenvalue weighted by Gasteiger charge is 2.32. The second kappa shape index (κ2) is 6.47. The van der Waals surface area contributed by atoms with Gasteiger partial charge in [0.2, 0.25) is 0 Å². The summed E-state index contributed by atoms with van der Waals surface area (Å²) >= 11 is 1.28. The van der Waals surface area contributed by atoms with Crippen molar-refractivity contribution in [3.63, 3.8) is 0 Å². The van der Waals surface area contributed by atoms with Gasteiger partial charge in [-0.3, -0.25) is 4.40 Å². The molecule has 2 heterocycles. The quantitative estimate of drug-likeness (QED) is 0.506. The molecular formula is C14H9F5N4OS. The third-order valence-corrected chi connectivity index (χ3v) is 3.93. The first-order valence-corrected chi connectivity index (χ1v) is 7.93. The van der Waals surface area contributed by atoms with Crippen molar-refractivity contribution in [1.29, 1.82) is 0 Å². The summed E-state index contributed by atoms with van der Waals surface area (Å²) in [7, 11) is 0. The van der Waals surface area contributed by atoms with Crippen molar-refractivity contribution >= 4 is 17.3 Å². The molecule has 0 spiro atoms. The normalized spacial score (nSPS) is 12.1. The summed E-state index contributed by atoms with van der Waals surface area (Å²) < 4.78 is 69.7. The molecule has 0 atom stereocenters. The van der Waals surface area contributed by atoms with Gasteiger partial charge in [-0.25, -0.2) is 4.98 Å². The molecule has 25 heavy (non-hydrogen) atoms. The van der Waals surface area contributed by atoms with Crippen molar-refractivity contribution in [1.82, 2.24) is 19.6 Å². The second-order valence-electron chi connectivity index (χ2n) is 4.77. The van der Waals surface area contributed by atoms with E-state index in [2.05, 4.69) is 19.9 Å². The van der Waals surface area contributed by atoms with Gasteiger partial charge in [-0.15, -0.1) is 10.2 Å². The van der Waals surface area contributed by atoms with Gasteiger partial charge >= 0.3 is 12.8 Å². The minimum absolute atomic E-state index is 0.0426. The maximum absolute atomic E-state index is 12.9. The van der Waals surface area contributed by atoms with Crippen molar-refractivity contribution in [2.24, 2.45) is 0 Å². The Morgan fingerprint density at radius 2 is 1.96 bits per heavy atom. The predicted octanol–water partition coefficient (Wildman–Crippen LogP) is 4.13. The molecule has 0 bridgehead atoms. The number of hydrogen-bond donors (Lipinski definition) is 0. The van der Waals surface area contributed by atoms with E-state index in [0.29, 0.717) is 16.7 Å². The van der Waals surface area contributed by atoms with Crippen LogP contribution >= 0.6 is 11.8 Å². The average molecular weight is 376 g/mol. The summed E-state index contributed by atoms with van der Waals surface area (Å²) in [5.74, 6) is -0.640. The van der Waals surface area contributed by atoms with Crippen molar-refractivity contribution in [2.45, 2.75) is 17.9 Å². The number of benzene rings is 1. The van der Waals surface area contributed by atoms with Gasteiger partial charge in [0.15, 0.2) is 5.16 Å². The lowest BCUT2D eigenvalue weighted by atomic mass is 10.1. The lowest BCUT2D eigenvalue weighted by molar-refractivity contribution is -0.138. The zero-order valence-electron chi connectivity index (χ0n) is 12.5. The van der Waals surface area contributed by atoms with Crippen LogP contribution in [0.3, 0.4) is 0 Å². The number of nitrogens with zero attached hydrogens (tertiary/aromatic N) is 4. The van der Waals surface area contributed by atoms with Crippen LogP contribution in [0.25, 0.3) is 16.8 Å². The van der Waals surface area contributed by atoms with Gasteiger partial charge in [-0.05, 0) is 24.5 Å². The monoisotopic (exact) mass is 376 g/mol. The first kappa shape index (κ1) is 17.4. The summed E-state index contributed by atoms with van der Waals surface area (Å²) in [5, 5.41) is 8.36. The molecule has 0 aliphatic heterocycles. The van der Waals surface area contributed by atoms with E-state index >= 15 is 0 Å². The molecule has 0 saturated heterocycles. The fourth-order valence-corrected chi connectivity index (χ4v) is 2.70. The van der Waals surface area contributed by atoms with E-state index in [4.69, 9.17) is 0 Å². The number of aromatic nitrogens is 4. The van der Waals surface area contributed by atoms with Crippen LogP contribution in [0.4, 0.5) is 22.0 Å². The van der Waals surface area contributed by atoms with Crippen LogP contribution in [0.15, 0.2) is 35.9 Å². The van der Waals surface area contributed by atoms with E-state index in [1.807, 2.05) is 0 Å². The first-order valence-electron chi connectivity index (χ1n) is 6.70. The summed E-state index contributed by atoms with van der Waals surface area (Å²) in [6.07, 6.45) is -0.0870. The lowest BCUT2D eigenvalue weighted by Gasteiger charge is -2.14. The molecular weight excluding hydrogens is 367 g/mol. The summed E-state index contributed by atoms with van der Waals surface area (Å²) in [5.41, 5.74) is -0.665. The molecule has 0 fully saturated rings. The highest BCUT2D eigenvalue weighted by Crippen LogP contribution is 2.38. The third kappa shape index (κ3) is 3.36. The molecule has 0 radical (unpaired) electrons. The molecule has 11 heteroatoms. The van der Waals surface area contributed by atoms with E-state index in [0.717, 1.165) is 12.1 Å². The van der Waals surface area contributed by atoms with E-state index in [-0.39, 0.29) is 11.3 Å². The number of rotatable bonds is 4. The van der Waals surface area contributed by atoms with Crippen molar-refractivity contribution in [3.8, 4) is 17.0 Å². The zero-order valence-corrected chi connectivity index (χ0v) is 13.3. The molecule has 1 aromatic carbocycles. The molecule has 0 aliphatic rings. The first-order chi connectivity index (χ1) is 11.8. The largest absolute Gasteiger partial charge is 0.434 e. The summed E-state index contributed by atoms with van der Waals surface area (Å²) in [6, 6.07) is 2.31. The van der Waals surface area contributed by atoms with E-state index < -0.39 is 24.1 Å². The number of imidazole rings is 1. The Kier molecular flexibility index (Phi) is 4.50. The molecule has 0 unspecified atom stereocenters. The fourth-order valence-electron chi connectivity index (χ4n) is 2.23. The molecule has 3 aromatic rings. The van der Waals surface area contributed by atoms with Crippen LogP contribution in [-0.2, 0) is 6.18 Å². The maximum atomic E-state index is 12.9. The lowest BCUT2D eigenvalue weighted by Crippen LogP contribution is -2.09. The van der Waals surface area contributed by atoms with Crippen molar-refractivity contribution < 1.29 is 26.7 Å². The van der Waals surface area contributed by atoms with Crippen molar-refractivity contribution in [2.75, 3.05) is 6.26 Å². The Morgan fingerprint density at radius 3 is 2.60 bits per heavy atom. The Hall–Kier alpha value is -2.43. The van der Waals surface area contributed by atoms with Gasteiger partial charge in [-0.2, -0.15) is 22.0 Å². The number of fused-ring (bicyclic) bond motifs is 1. The maximum Gasteiger partial charge on any atom is 0.416 e.